The zero-order chi connectivity index (χ0) is 15.1. The van der Waals surface area contributed by atoms with Crippen molar-refractivity contribution in [3.63, 3.8) is 0 Å². The third-order valence-corrected chi connectivity index (χ3v) is 2.64. The van der Waals surface area contributed by atoms with Crippen molar-refractivity contribution in [1.29, 1.82) is 0 Å². The van der Waals surface area contributed by atoms with E-state index in [0.29, 0.717) is 24.7 Å². The van der Waals surface area contributed by atoms with E-state index in [4.69, 9.17) is 9.47 Å². The average molecular weight is 290 g/mol. The Hall–Kier alpha value is -2.47. The second-order valence-corrected chi connectivity index (χ2v) is 4.19. The summed E-state index contributed by atoms with van der Waals surface area (Å²) in [7, 11) is 1.59. The van der Waals surface area contributed by atoms with Crippen LogP contribution in [0.2, 0.25) is 0 Å². The number of carbonyl (C=O) groups is 1. The third kappa shape index (κ3) is 4.54. The van der Waals surface area contributed by atoms with Crippen LogP contribution in [0, 0.1) is 5.95 Å². The standard InChI is InChI=1S/C15H15FN2O3/c1-20-7-8-21-13-4-2-3-12(9-13)18-15(19)11-5-6-14(16)17-10-11/h2-6,9-10H,7-8H2,1H3,(H,18,19). The lowest BCUT2D eigenvalue weighted by Crippen LogP contribution is -2.12. The number of hydrogen-bond donors (Lipinski definition) is 1. The highest BCUT2D eigenvalue weighted by Gasteiger charge is 2.07. The molecule has 0 saturated heterocycles. The van der Waals surface area contributed by atoms with E-state index in [-0.39, 0.29) is 11.5 Å². The molecule has 0 unspecified atom stereocenters. The Bertz CT molecular complexity index is 602. The number of nitrogens with zero attached hydrogens (tertiary/aromatic N) is 1. The van der Waals surface area contributed by atoms with Gasteiger partial charge in [0.2, 0.25) is 5.95 Å². The fourth-order valence-electron chi connectivity index (χ4n) is 1.62. The fourth-order valence-corrected chi connectivity index (χ4v) is 1.62. The van der Waals surface area contributed by atoms with Gasteiger partial charge in [-0.05, 0) is 24.3 Å². The van der Waals surface area contributed by atoms with E-state index in [2.05, 4.69) is 10.3 Å². The zero-order valence-electron chi connectivity index (χ0n) is 11.5. The quantitative estimate of drug-likeness (QED) is 0.656. The smallest absolute Gasteiger partial charge is 0.257 e. The molecule has 0 spiro atoms. The van der Waals surface area contributed by atoms with Gasteiger partial charge in [-0.15, -0.1) is 0 Å². The maximum Gasteiger partial charge on any atom is 0.257 e. The van der Waals surface area contributed by atoms with Crippen molar-refractivity contribution in [2.45, 2.75) is 0 Å². The molecule has 110 valence electrons. The Kier molecular flexibility index (Phi) is 5.22. The van der Waals surface area contributed by atoms with Gasteiger partial charge in [-0.25, -0.2) is 4.98 Å². The van der Waals surface area contributed by atoms with Gasteiger partial charge in [-0.3, -0.25) is 4.79 Å². The largest absolute Gasteiger partial charge is 0.491 e. The molecule has 0 aliphatic carbocycles. The van der Waals surface area contributed by atoms with Crippen molar-refractivity contribution >= 4 is 11.6 Å². The number of halogens is 1. The Morgan fingerprint density at radius 3 is 2.86 bits per heavy atom. The molecule has 6 heteroatoms. The van der Waals surface area contributed by atoms with Gasteiger partial charge in [0.25, 0.3) is 5.91 Å². The molecule has 0 bridgehead atoms. The first-order valence-electron chi connectivity index (χ1n) is 6.34. The summed E-state index contributed by atoms with van der Waals surface area (Å²) in [6.07, 6.45) is 1.18. The van der Waals surface area contributed by atoms with Gasteiger partial charge in [0, 0.05) is 25.1 Å². The predicted octanol–water partition coefficient (Wildman–Crippen LogP) is 2.50. The first kappa shape index (κ1) is 14.9. The molecular formula is C15H15FN2O3. The van der Waals surface area contributed by atoms with Crippen molar-refractivity contribution in [2.75, 3.05) is 25.6 Å². The molecule has 0 saturated carbocycles. The number of nitrogens with one attached hydrogen (secondary N) is 1. The van der Waals surface area contributed by atoms with Crippen molar-refractivity contribution in [1.82, 2.24) is 4.98 Å². The van der Waals surface area contributed by atoms with Crippen LogP contribution in [0.25, 0.3) is 0 Å². The summed E-state index contributed by atoms with van der Waals surface area (Å²) in [5, 5.41) is 2.70. The molecule has 2 aromatic rings. The van der Waals surface area contributed by atoms with E-state index in [1.165, 1.54) is 12.3 Å². The van der Waals surface area contributed by atoms with E-state index in [1.807, 2.05) is 0 Å². The third-order valence-electron chi connectivity index (χ3n) is 2.64. The first-order chi connectivity index (χ1) is 10.2. The summed E-state index contributed by atoms with van der Waals surface area (Å²) in [5.41, 5.74) is 0.862. The summed E-state index contributed by atoms with van der Waals surface area (Å²) < 4.78 is 23.1. The van der Waals surface area contributed by atoms with Crippen molar-refractivity contribution < 1.29 is 18.7 Å². The van der Waals surface area contributed by atoms with Crippen LogP contribution >= 0.6 is 0 Å². The van der Waals surface area contributed by atoms with E-state index in [9.17, 15) is 9.18 Å². The Morgan fingerprint density at radius 1 is 1.29 bits per heavy atom. The van der Waals surface area contributed by atoms with Crippen LogP contribution in [0.3, 0.4) is 0 Å². The highest BCUT2D eigenvalue weighted by atomic mass is 19.1. The van der Waals surface area contributed by atoms with Gasteiger partial charge in [0.15, 0.2) is 0 Å². The summed E-state index contributed by atoms with van der Waals surface area (Å²) >= 11 is 0. The molecule has 0 atom stereocenters. The van der Waals surface area contributed by atoms with E-state index < -0.39 is 5.95 Å². The van der Waals surface area contributed by atoms with Crippen molar-refractivity contribution in [3.8, 4) is 5.75 Å². The highest BCUT2D eigenvalue weighted by Crippen LogP contribution is 2.18. The summed E-state index contributed by atoms with van der Waals surface area (Å²) in [4.78, 5) is 15.4. The summed E-state index contributed by atoms with van der Waals surface area (Å²) in [5.74, 6) is -0.362. The molecule has 21 heavy (non-hydrogen) atoms. The summed E-state index contributed by atoms with van der Waals surface area (Å²) in [6.45, 7) is 0.910. The maximum atomic E-state index is 12.7. The molecule has 1 aromatic carbocycles. The molecule has 1 amide bonds. The number of rotatable bonds is 6. The summed E-state index contributed by atoms with van der Waals surface area (Å²) in [6, 6.07) is 9.49. The number of pyridine rings is 1. The molecule has 1 N–H and O–H groups in total. The van der Waals surface area contributed by atoms with E-state index >= 15 is 0 Å². The monoisotopic (exact) mass is 290 g/mol. The topological polar surface area (TPSA) is 60.5 Å². The Balaban J connectivity index is 2.00. The fraction of sp³-hybridized carbons (Fsp3) is 0.200. The number of benzene rings is 1. The number of methoxy groups -OCH3 is 1. The predicted molar refractivity (Wildman–Crippen MR) is 76.0 cm³/mol. The van der Waals surface area contributed by atoms with Crippen molar-refractivity contribution in [2.24, 2.45) is 0 Å². The van der Waals surface area contributed by atoms with Crippen molar-refractivity contribution in [3.05, 3.63) is 54.1 Å². The van der Waals surface area contributed by atoms with Gasteiger partial charge in [-0.1, -0.05) is 6.07 Å². The molecule has 2 rings (SSSR count). The van der Waals surface area contributed by atoms with Crippen LogP contribution in [-0.2, 0) is 4.74 Å². The lowest BCUT2D eigenvalue weighted by molar-refractivity contribution is 0.102. The molecule has 0 aliphatic rings. The first-order valence-corrected chi connectivity index (χ1v) is 6.34. The zero-order valence-corrected chi connectivity index (χ0v) is 11.5. The molecule has 0 radical (unpaired) electrons. The van der Waals surface area contributed by atoms with Crippen LogP contribution in [0.15, 0.2) is 42.6 Å². The lowest BCUT2D eigenvalue weighted by Gasteiger charge is -2.09. The van der Waals surface area contributed by atoms with Crippen LogP contribution in [0.1, 0.15) is 10.4 Å². The van der Waals surface area contributed by atoms with Crippen LogP contribution in [0.5, 0.6) is 5.75 Å². The van der Waals surface area contributed by atoms with E-state index in [1.54, 1.807) is 31.4 Å². The lowest BCUT2D eigenvalue weighted by atomic mass is 10.2. The van der Waals surface area contributed by atoms with Crippen LogP contribution in [0.4, 0.5) is 10.1 Å². The molecule has 1 aromatic heterocycles. The van der Waals surface area contributed by atoms with Crippen LogP contribution in [-0.4, -0.2) is 31.2 Å². The number of carbonyl (C=O) groups excluding carboxylic acids is 1. The molecule has 0 aliphatic heterocycles. The SMILES string of the molecule is COCCOc1cccc(NC(=O)c2ccc(F)nc2)c1. The number of amides is 1. The van der Waals surface area contributed by atoms with Gasteiger partial charge in [-0.2, -0.15) is 4.39 Å². The second kappa shape index (κ2) is 7.35. The molecular weight excluding hydrogens is 275 g/mol. The number of ether oxygens (including phenoxy) is 2. The van der Waals surface area contributed by atoms with Gasteiger partial charge in [0.05, 0.1) is 12.2 Å². The van der Waals surface area contributed by atoms with Crippen LogP contribution < -0.4 is 10.1 Å². The highest BCUT2D eigenvalue weighted by molar-refractivity contribution is 6.04. The maximum absolute atomic E-state index is 12.7. The molecule has 0 fully saturated rings. The average Bonchev–Trinajstić information content (AvgIpc) is 2.48. The van der Waals surface area contributed by atoms with Gasteiger partial charge in [0.1, 0.15) is 12.4 Å². The second-order valence-electron chi connectivity index (χ2n) is 4.19. The normalized spacial score (nSPS) is 10.2. The minimum absolute atomic E-state index is 0.280. The Morgan fingerprint density at radius 2 is 2.14 bits per heavy atom. The Labute approximate surface area is 121 Å². The van der Waals surface area contributed by atoms with Gasteiger partial charge >= 0.3 is 0 Å². The molecule has 5 nitrogen and oxygen atoms in total. The number of anilines is 1. The minimum atomic E-state index is -0.625. The van der Waals surface area contributed by atoms with E-state index in [0.717, 1.165) is 6.07 Å². The molecule has 1 heterocycles. The minimum Gasteiger partial charge on any atom is -0.491 e. The number of aromatic nitrogens is 1. The number of hydrogen-bond acceptors (Lipinski definition) is 4. The van der Waals surface area contributed by atoms with Gasteiger partial charge < -0.3 is 14.8 Å².